The number of alkyl halides is 4. The van der Waals surface area contributed by atoms with E-state index in [2.05, 4.69) is 19.4 Å². The molecular formula is C25H21F6N5O2S2. The van der Waals surface area contributed by atoms with Gasteiger partial charge in [0.15, 0.2) is 16.8 Å². The summed E-state index contributed by atoms with van der Waals surface area (Å²) in [5.41, 5.74) is -1.29. The smallest absolute Gasteiger partial charge is 0.340 e. The van der Waals surface area contributed by atoms with Crippen LogP contribution >= 0.6 is 23.3 Å². The molecule has 0 saturated carbocycles. The first-order valence-electron chi connectivity index (χ1n) is 11.5. The van der Waals surface area contributed by atoms with Crippen LogP contribution in [0.25, 0.3) is 12.2 Å². The van der Waals surface area contributed by atoms with Crippen LogP contribution in [-0.4, -0.2) is 53.4 Å². The highest BCUT2D eigenvalue weighted by atomic mass is 32.2. The summed E-state index contributed by atoms with van der Waals surface area (Å²) in [5, 5.41) is 14.9. The van der Waals surface area contributed by atoms with E-state index in [-0.39, 0.29) is 17.9 Å². The summed E-state index contributed by atoms with van der Waals surface area (Å²) in [5.74, 6) is -5.59. The molecule has 15 heteroatoms. The zero-order valence-electron chi connectivity index (χ0n) is 20.6. The molecule has 212 valence electrons. The second-order valence-electron chi connectivity index (χ2n) is 8.57. The van der Waals surface area contributed by atoms with E-state index < -0.39 is 41.4 Å². The van der Waals surface area contributed by atoms with Crippen molar-refractivity contribution in [3.8, 4) is 5.75 Å². The number of aliphatic hydroxyl groups is 1. The average molecular weight is 602 g/mol. The van der Waals surface area contributed by atoms with Gasteiger partial charge in [0.2, 0.25) is 0 Å². The van der Waals surface area contributed by atoms with E-state index >= 15 is 0 Å². The van der Waals surface area contributed by atoms with Crippen LogP contribution in [0.5, 0.6) is 5.75 Å². The Kier molecular flexibility index (Phi) is 9.15. The molecule has 0 fully saturated rings. The lowest BCUT2D eigenvalue weighted by Crippen LogP contribution is -2.41. The number of hydrogen-bond donors (Lipinski definition) is 1. The molecule has 4 rings (SSSR count). The monoisotopic (exact) mass is 601 g/mol. The molecule has 2 heterocycles. The van der Waals surface area contributed by atoms with Crippen molar-refractivity contribution in [1.82, 2.24) is 24.1 Å². The van der Waals surface area contributed by atoms with E-state index in [0.29, 0.717) is 21.8 Å². The van der Waals surface area contributed by atoms with Gasteiger partial charge in [0.05, 0.1) is 6.54 Å². The fourth-order valence-electron chi connectivity index (χ4n) is 3.51. The molecule has 40 heavy (non-hydrogen) atoms. The summed E-state index contributed by atoms with van der Waals surface area (Å²) < 4.78 is 89.6. The van der Waals surface area contributed by atoms with Crippen molar-refractivity contribution in [2.45, 2.75) is 41.0 Å². The Balaban J connectivity index is 1.43. The minimum Gasteiger partial charge on any atom is -0.487 e. The predicted octanol–water partition coefficient (Wildman–Crippen LogP) is 5.93. The van der Waals surface area contributed by atoms with Gasteiger partial charge in [-0.2, -0.15) is 18.3 Å². The summed E-state index contributed by atoms with van der Waals surface area (Å²) >= 11 is 2.19. The highest BCUT2D eigenvalue weighted by Crippen LogP contribution is 2.39. The largest absolute Gasteiger partial charge is 0.487 e. The maximum Gasteiger partial charge on any atom is 0.340 e. The van der Waals surface area contributed by atoms with Crippen LogP contribution in [0.1, 0.15) is 23.9 Å². The third-order valence-electron chi connectivity index (χ3n) is 5.70. The summed E-state index contributed by atoms with van der Waals surface area (Å²) in [6, 6.07) is 8.76. The third-order valence-corrected chi connectivity index (χ3v) is 7.77. The number of benzene rings is 2. The predicted molar refractivity (Wildman–Crippen MR) is 137 cm³/mol. The zero-order valence-corrected chi connectivity index (χ0v) is 22.2. The summed E-state index contributed by atoms with van der Waals surface area (Å²) in [6.45, 7) is 0.0695. The average Bonchev–Trinajstić information content (AvgIpc) is 3.58. The Morgan fingerprint density at radius 3 is 2.52 bits per heavy atom. The lowest BCUT2D eigenvalue weighted by molar-refractivity contribution is -0.148. The Morgan fingerprint density at radius 2 is 1.88 bits per heavy atom. The second-order valence-corrected chi connectivity index (χ2v) is 10.9. The number of thioether (sulfide) groups is 1. The van der Waals surface area contributed by atoms with E-state index in [1.54, 1.807) is 19.1 Å². The number of nitrogens with zero attached hydrogens (tertiary/aromatic N) is 5. The molecule has 4 aromatic rings. The molecule has 2 atom stereocenters. The molecule has 1 N–H and O–H groups in total. The topological polar surface area (TPSA) is 86.0 Å². The molecule has 0 radical (unpaired) electrons. The maximum atomic E-state index is 14.7. The van der Waals surface area contributed by atoms with Crippen LogP contribution in [0, 0.1) is 11.6 Å². The molecule has 0 amide bonds. The van der Waals surface area contributed by atoms with Crippen LogP contribution in [0.4, 0.5) is 26.3 Å². The van der Waals surface area contributed by atoms with E-state index in [9.17, 15) is 31.4 Å². The van der Waals surface area contributed by atoms with Gasteiger partial charge in [0.25, 0.3) is 0 Å². The van der Waals surface area contributed by atoms with Gasteiger partial charge in [0.1, 0.15) is 35.6 Å². The molecule has 0 saturated heterocycles. The van der Waals surface area contributed by atoms with Crippen LogP contribution in [0.3, 0.4) is 0 Å². The molecule has 0 unspecified atom stereocenters. The third kappa shape index (κ3) is 7.20. The van der Waals surface area contributed by atoms with Gasteiger partial charge in [-0.05, 0) is 48.3 Å². The molecule has 0 spiro atoms. The fourth-order valence-corrected chi connectivity index (χ4v) is 5.48. The molecule has 0 aliphatic carbocycles. The number of ether oxygens (including phenoxy) is 1. The highest BCUT2D eigenvalue weighted by molar-refractivity contribution is 8.01. The van der Waals surface area contributed by atoms with Gasteiger partial charge < -0.3 is 9.84 Å². The quantitative estimate of drug-likeness (QED) is 0.159. The molecule has 0 aliphatic rings. The van der Waals surface area contributed by atoms with Gasteiger partial charge in [-0.25, -0.2) is 32.2 Å². The van der Waals surface area contributed by atoms with Crippen LogP contribution in [-0.2, 0) is 12.1 Å². The number of aromatic nitrogens is 5. The van der Waals surface area contributed by atoms with Crippen molar-refractivity contribution in [3.05, 3.63) is 83.7 Å². The SMILES string of the molecule is C[C@@H](Sc1nc(C=Cc2ccc(OCC(F)(F)C(F)F)cc2)ns1)[C@](O)(Cn1cncn1)c1ccc(F)cc1F. The first-order chi connectivity index (χ1) is 19.0. The fraction of sp³-hybridized carbons (Fsp3) is 0.280. The minimum atomic E-state index is -4.25. The number of hydrogen-bond acceptors (Lipinski definition) is 8. The van der Waals surface area contributed by atoms with Crippen molar-refractivity contribution in [1.29, 1.82) is 0 Å². The zero-order chi connectivity index (χ0) is 28.9. The Morgan fingerprint density at radius 1 is 1.12 bits per heavy atom. The molecule has 0 aliphatic heterocycles. The minimum absolute atomic E-state index is 0.00732. The van der Waals surface area contributed by atoms with Crippen molar-refractivity contribution in [2.75, 3.05) is 6.61 Å². The normalized spacial score (nSPS) is 14.5. The first-order valence-corrected chi connectivity index (χ1v) is 13.2. The van der Waals surface area contributed by atoms with Gasteiger partial charge >= 0.3 is 12.3 Å². The van der Waals surface area contributed by atoms with E-state index in [1.165, 1.54) is 47.7 Å². The lowest BCUT2D eigenvalue weighted by Gasteiger charge is -2.33. The van der Waals surface area contributed by atoms with Crippen molar-refractivity contribution < 1.29 is 36.2 Å². The van der Waals surface area contributed by atoms with Crippen LogP contribution < -0.4 is 4.74 Å². The second kappa shape index (κ2) is 12.4. The first kappa shape index (κ1) is 29.6. The van der Waals surface area contributed by atoms with Crippen molar-refractivity contribution in [2.24, 2.45) is 0 Å². The van der Waals surface area contributed by atoms with Gasteiger partial charge in [-0.1, -0.05) is 36.0 Å². The van der Waals surface area contributed by atoms with Gasteiger partial charge in [0, 0.05) is 16.9 Å². The van der Waals surface area contributed by atoms with Gasteiger partial charge in [-0.15, -0.1) is 0 Å². The Hall–Kier alpha value is -3.43. The van der Waals surface area contributed by atoms with E-state index in [1.807, 2.05) is 0 Å². The molecule has 0 bridgehead atoms. The summed E-state index contributed by atoms with van der Waals surface area (Å²) in [6.07, 6.45) is 2.06. The van der Waals surface area contributed by atoms with E-state index in [0.717, 1.165) is 29.4 Å². The standard InChI is InChI=1S/C25H21F6N5O2S2/c1-15(24(37,11-36-14-32-13-33-36)19-8-5-17(26)10-20(19)27)39-23-34-21(35-40-23)9-4-16-2-6-18(7-3-16)38-12-25(30,31)22(28)29/h2-10,13-15,22,37H,11-12H2,1H3/t15-,24-/m1/s1. The Bertz CT molecular complexity index is 1440. The molecule has 2 aromatic heterocycles. The van der Waals surface area contributed by atoms with Crippen molar-refractivity contribution in [3.63, 3.8) is 0 Å². The van der Waals surface area contributed by atoms with Crippen molar-refractivity contribution >= 4 is 35.4 Å². The number of halogens is 6. The molecular weight excluding hydrogens is 580 g/mol. The highest BCUT2D eigenvalue weighted by Gasteiger charge is 2.42. The molecule has 2 aromatic carbocycles. The lowest BCUT2D eigenvalue weighted by atomic mass is 9.90. The van der Waals surface area contributed by atoms with Crippen LogP contribution in [0.2, 0.25) is 0 Å². The van der Waals surface area contributed by atoms with E-state index in [4.69, 9.17) is 4.74 Å². The van der Waals surface area contributed by atoms with Gasteiger partial charge in [-0.3, -0.25) is 0 Å². The maximum absolute atomic E-state index is 14.7. The summed E-state index contributed by atoms with van der Waals surface area (Å²) in [4.78, 5) is 8.25. The summed E-state index contributed by atoms with van der Waals surface area (Å²) in [7, 11) is 0. The number of rotatable bonds is 12. The Labute approximate surface area is 232 Å². The molecule has 7 nitrogen and oxygen atoms in total. The van der Waals surface area contributed by atoms with Crippen LogP contribution in [0.15, 0.2) is 59.5 Å².